The van der Waals surface area contributed by atoms with Crippen LogP contribution in [0.3, 0.4) is 0 Å². The van der Waals surface area contributed by atoms with E-state index in [4.69, 9.17) is 5.11 Å². The average Bonchev–Trinajstić information content (AvgIpc) is 3.73. The molecule has 5 aromatic rings. The number of rotatable bonds is 12. The Morgan fingerprint density at radius 2 is 1.87 bits per heavy atom. The van der Waals surface area contributed by atoms with Gasteiger partial charge >= 0.3 is 0 Å². The van der Waals surface area contributed by atoms with Crippen molar-refractivity contribution in [2.45, 2.75) is 44.9 Å². The molecule has 2 amide bonds. The van der Waals surface area contributed by atoms with E-state index in [-0.39, 0.29) is 31.4 Å². The number of nitrogens with one attached hydrogen (secondary N) is 2. The summed E-state index contributed by atoms with van der Waals surface area (Å²) in [6, 6.07) is 22.7. The van der Waals surface area contributed by atoms with E-state index in [1.54, 1.807) is 15.8 Å². The SMILES string of the molecule is C[C@@H](/C=C/CCn1cc(CCO)nn1)[C@]1(O)C(=O)N(Cc2ccc(NC(=O)Cc3c[nH]c4ccccc34)cc2)c2ccccc21. The van der Waals surface area contributed by atoms with Gasteiger partial charge in [-0.3, -0.25) is 14.3 Å². The van der Waals surface area contributed by atoms with E-state index in [2.05, 4.69) is 20.6 Å². The summed E-state index contributed by atoms with van der Waals surface area (Å²) >= 11 is 0. The van der Waals surface area contributed by atoms with Crippen LogP contribution in [0.5, 0.6) is 0 Å². The van der Waals surface area contributed by atoms with Crippen LogP contribution in [0.15, 0.2) is 97.3 Å². The van der Waals surface area contributed by atoms with Crippen molar-refractivity contribution in [3.8, 4) is 0 Å². The molecule has 6 rings (SSSR count). The lowest BCUT2D eigenvalue weighted by atomic mass is 9.83. The summed E-state index contributed by atoms with van der Waals surface area (Å²) < 4.78 is 1.72. The molecule has 0 saturated carbocycles. The Labute approximate surface area is 261 Å². The number of aliphatic hydroxyl groups excluding tert-OH is 1. The van der Waals surface area contributed by atoms with Gasteiger partial charge in [0, 0.05) is 60.0 Å². The van der Waals surface area contributed by atoms with Crippen molar-refractivity contribution in [2.75, 3.05) is 16.8 Å². The number of allylic oxidation sites excluding steroid dienone is 1. The van der Waals surface area contributed by atoms with Gasteiger partial charge in [0.25, 0.3) is 5.91 Å². The number of amides is 2. The molecule has 10 heteroatoms. The number of anilines is 2. The van der Waals surface area contributed by atoms with Gasteiger partial charge in [0.2, 0.25) is 5.91 Å². The van der Waals surface area contributed by atoms with Crippen LogP contribution in [0.25, 0.3) is 10.9 Å². The van der Waals surface area contributed by atoms with Crippen molar-refractivity contribution in [1.82, 2.24) is 20.0 Å². The highest BCUT2D eigenvalue weighted by atomic mass is 16.3. The average molecular weight is 605 g/mol. The fourth-order valence-corrected chi connectivity index (χ4v) is 5.91. The van der Waals surface area contributed by atoms with E-state index in [0.717, 1.165) is 27.7 Å². The topological polar surface area (TPSA) is 136 Å². The predicted octanol–water partition coefficient (Wildman–Crippen LogP) is 4.49. The number of benzene rings is 3. The Hall–Kier alpha value is -5.06. The third-order valence-electron chi connectivity index (χ3n) is 8.34. The first kappa shape index (κ1) is 30.0. The number of aromatic nitrogens is 4. The Morgan fingerprint density at radius 1 is 1.09 bits per heavy atom. The molecule has 2 aromatic heterocycles. The minimum absolute atomic E-state index is 0.0256. The van der Waals surface area contributed by atoms with Gasteiger partial charge in [-0.1, -0.05) is 72.8 Å². The van der Waals surface area contributed by atoms with E-state index in [1.807, 2.05) is 98.1 Å². The highest BCUT2D eigenvalue weighted by molar-refractivity contribution is 6.07. The Morgan fingerprint density at radius 3 is 2.69 bits per heavy atom. The normalized spacial score (nSPS) is 16.9. The van der Waals surface area contributed by atoms with Crippen molar-refractivity contribution in [1.29, 1.82) is 0 Å². The van der Waals surface area contributed by atoms with Crippen LogP contribution < -0.4 is 10.2 Å². The molecular weight excluding hydrogens is 568 g/mol. The fourth-order valence-electron chi connectivity index (χ4n) is 5.91. The maximum Gasteiger partial charge on any atom is 0.264 e. The van der Waals surface area contributed by atoms with Crippen LogP contribution in [-0.2, 0) is 41.1 Å². The highest BCUT2D eigenvalue weighted by Crippen LogP contribution is 2.45. The lowest BCUT2D eigenvalue weighted by Gasteiger charge is -2.27. The summed E-state index contributed by atoms with van der Waals surface area (Å²) in [5, 5.41) is 33.0. The lowest BCUT2D eigenvalue weighted by molar-refractivity contribution is -0.139. The Kier molecular flexibility index (Phi) is 8.59. The molecule has 1 aliphatic heterocycles. The molecule has 0 unspecified atom stereocenters. The Balaban J connectivity index is 1.10. The fraction of sp³-hybridized carbons (Fsp3) is 0.257. The molecule has 2 atom stereocenters. The van der Waals surface area contributed by atoms with Crippen LogP contribution in [0.1, 0.15) is 35.7 Å². The van der Waals surface area contributed by atoms with Crippen molar-refractivity contribution < 1.29 is 19.8 Å². The maximum atomic E-state index is 13.8. The van der Waals surface area contributed by atoms with Gasteiger partial charge in [0.05, 0.1) is 24.3 Å². The third kappa shape index (κ3) is 6.15. The molecule has 4 N–H and O–H groups in total. The quantitative estimate of drug-likeness (QED) is 0.155. The molecule has 0 fully saturated rings. The van der Waals surface area contributed by atoms with E-state index in [0.29, 0.717) is 36.3 Å². The number of nitrogens with zero attached hydrogens (tertiary/aromatic N) is 4. The number of fused-ring (bicyclic) bond motifs is 2. The number of aryl methyl sites for hydroxylation is 1. The van der Waals surface area contributed by atoms with Gasteiger partial charge < -0.3 is 25.4 Å². The van der Waals surface area contributed by atoms with E-state index >= 15 is 0 Å². The summed E-state index contributed by atoms with van der Waals surface area (Å²) in [4.78, 5) is 31.4. The number of aromatic amines is 1. The van der Waals surface area contributed by atoms with Gasteiger partial charge in [-0.25, -0.2) is 0 Å². The molecule has 3 aromatic carbocycles. The van der Waals surface area contributed by atoms with Crippen molar-refractivity contribution in [3.05, 3.63) is 120 Å². The molecule has 1 aliphatic rings. The van der Waals surface area contributed by atoms with Crippen molar-refractivity contribution >= 4 is 34.1 Å². The lowest BCUT2D eigenvalue weighted by Crippen LogP contribution is -2.44. The number of hydrogen-bond donors (Lipinski definition) is 4. The Bertz CT molecular complexity index is 1840. The number of carbonyl (C=O) groups excluding carboxylic acids is 2. The second kappa shape index (κ2) is 12.9. The summed E-state index contributed by atoms with van der Waals surface area (Å²) in [6.07, 6.45) is 8.85. The largest absolute Gasteiger partial charge is 0.396 e. The highest BCUT2D eigenvalue weighted by Gasteiger charge is 2.52. The molecule has 3 heterocycles. The summed E-state index contributed by atoms with van der Waals surface area (Å²) in [5.74, 6) is -0.968. The smallest absolute Gasteiger partial charge is 0.264 e. The second-order valence-electron chi connectivity index (χ2n) is 11.4. The standard InChI is InChI=1S/C35H36N6O4/c1-24(8-6-7-18-40-23-28(17-19-42)38-39-40)35(45)30-10-3-5-12-32(30)41(34(35)44)22-25-13-15-27(16-14-25)37-33(43)20-26-21-36-31-11-4-2-9-29(26)31/h2-6,8-16,21,23-24,36,42,45H,7,17-20,22H2,1H3,(H,37,43)/b8-6+/t24-,35+/m0/s1. The van der Waals surface area contributed by atoms with Crippen molar-refractivity contribution in [2.24, 2.45) is 5.92 Å². The van der Waals surface area contributed by atoms with Crippen LogP contribution in [0.2, 0.25) is 0 Å². The van der Waals surface area contributed by atoms with Crippen molar-refractivity contribution in [3.63, 3.8) is 0 Å². The van der Waals surface area contributed by atoms with E-state index < -0.39 is 11.5 Å². The first-order valence-corrected chi connectivity index (χ1v) is 15.1. The molecule has 230 valence electrons. The van der Waals surface area contributed by atoms with Crippen LogP contribution in [0, 0.1) is 5.92 Å². The summed E-state index contributed by atoms with van der Waals surface area (Å²) in [6.45, 7) is 2.74. The zero-order chi connectivity index (χ0) is 31.4. The molecule has 0 bridgehead atoms. The predicted molar refractivity (Wildman–Crippen MR) is 172 cm³/mol. The molecule has 45 heavy (non-hydrogen) atoms. The summed E-state index contributed by atoms with van der Waals surface area (Å²) in [5.41, 5.74) is 3.76. The zero-order valence-corrected chi connectivity index (χ0v) is 25.1. The zero-order valence-electron chi connectivity index (χ0n) is 25.1. The van der Waals surface area contributed by atoms with Gasteiger partial charge in [0.15, 0.2) is 5.60 Å². The molecule has 0 aliphatic carbocycles. The third-order valence-corrected chi connectivity index (χ3v) is 8.34. The number of H-pyrrole nitrogens is 1. The first-order chi connectivity index (χ1) is 21.9. The minimum Gasteiger partial charge on any atom is -0.396 e. The molecule has 0 saturated heterocycles. The minimum atomic E-state index is -1.70. The van der Waals surface area contributed by atoms with Gasteiger partial charge in [-0.05, 0) is 41.8 Å². The van der Waals surface area contributed by atoms with E-state index in [1.165, 1.54) is 0 Å². The molecule has 10 nitrogen and oxygen atoms in total. The van der Waals surface area contributed by atoms with Crippen LogP contribution in [0.4, 0.5) is 11.4 Å². The first-order valence-electron chi connectivity index (χ1n) is 15.1. The molecule has 0 spiro atoms. The number of carbonyl (C=O) groups is 2. The molecular formula is C35H36N6O4. The second-order valence-corrected chi connectivity index (χ2v) is 11.4. The maximum absolute atomic E-state index is 13.8. The number of aliphatic hydroxyl groups is 2. The van der Waals surface area contributed by atoms with Gasteiger partial charge in [0.1, 0.15) is 0 Å². The number of hydrogen-bond acceptors (Lipinski definition) is 6. The van der Waals surface area contributed by atoms with E-state index in [9.17, 15) is 14.7 Å². The van der Waals surface area contributed by atoms with Crippen LogP contribution >= 0.6 is 0 Å². The summed E-state index contributed by atoms with van der Waals surface area (Å²) in [7, 11) is 0. The molecule has 0 radical (unpaired) electrons. The van der Waals surface area contributed by atoms with Crippen LogP contribution in [-0.4, -0.2) is 48.6 Å². The monoisotopic (exact) mass is 604 g/mol. The van der Waals surface area contributed by atoms with Gasteiger partial charge in [-0.2, -0.15) is 0 Å². The van der Waals surface area contributed by atoms with Gasteiger partial charge in [-0.15, -0.1) is 5.10 Å². The number of para-hydroxylation sites is 2.